The summed E-state index contributed by atoms with van der Waals surface area (Å²) in [6, 6.07) is 5.72. The van der Waals surface area contributed by atoms with Gasteiger partial charge in [-0.1, -0.05) is 0 Å². The molecule has 0 saturated carbocycles. The molecule has 5 atom stereocenters. The Morgan fingerprint density at radius 1 is 1.17 bits per heavy atom. The number of aromatic nitrogens is 2. The van der Waals surface area contributed by atoms with Crippen LogP contribution in [-0.4, -0.2) is 59.0 Å². The number of halogens is 1. The fourth-order valence-electron chi connectivity index (χ4n) is 6.06. The van der Waals surface area contributed by atoms with E-state index in [1.807, 2.05) is 12.1 Å². The molecular formula is C21H28ClN5O2. The summed E-state index contributed by atoms with van der Waals surface area (Å²) in [7, 11) is 0. The number of carbonyl (C=O) groups excluding carboxylic acids is 1. The monoisotopic (exact) mass is 417 g/mol. The first-order valence-electron chi connectivity index (χ1n) is 10.7. The Morgan fingerprint density at radius 2 is 1.97 bits per heavy atom. The number of oxazole rings is 1. The molecule has 2 aromatic heterocycles. The highest BCUT2D eigenvalue weighted by Gasteiger charge is 2.52. The molecule has 1 unspecified atom stereocenters. The molecule has 6 rings (SSSR count). The first-order valence-corrected chi connectivity index (χ1v) is 10.7. The fourth-order valence-corrected chi connectivity index (χ4v) is 6.06. The zero-order chi connectivity index (χ0) is 18.7. The van der Waals surface area contributed by atoms with Crippen LogP contribution in [0.4, 0.5) is 6.01 Å². The Balaban J connectivity index is 0.00000181. The van der Waals surface area contributed by atoms with E-state index in [1.54, 1.807) is 6.20 Å². The predicted octanol–water partition coefficient (Wildman–Crippen LogP) is 2.46. The van der Waals surface area contributed by atoms with Gasteiger partial charge in [-0.2, -0.15) is 4.98 Å². The summed E-state index contributed by atoms with van der Waals surface area (Å²) in [4.78, 5) is 26.1. The number of fused-ring (bicyclic) bond motifs is 6. The summed E-state index contributed by atoms with van der Waals surface area (Å²) in [6.45, 7) is 3.70. The van der Waals surface area contributed by atoms with Crippen LogP contribution >= 0.6 is 12.4 Å². The van der Waals surface area contributed by atoms with Crippen molar-refractivity contribution >= 4 is 35.6 Å². The Bertz CT molecular complexity index is 853. The van der Waals surface area contributed by atoms with Gasteiger partial charge in [0.05, 0.1) is 0 Å². The van der Waals surface area contributed by atoms with Gasteiger partial charge in [-0.05, 0) is 55.6 Å². The van der Waals surface area contributed by atoms with E-state index in [-0.39, 0.29) is 12.4 Å². The smallest absolute Gasteiger partial charge is 0.299 e. The quantitative estimate of drug-likeness (QED) is 0.826. The second-order valence-electron chi connectivity index (χ2n) is 9.06. The van der Waals surface area contributed by atoms with Gasteiger partial charge >= 0.3 is 0 Å². The number of anilines is 1. The minimum atomic E-state index is 0. The molecule has 2 aromatic rings. The van der Waals surface area contributed by atoms with E-state index in [1.165, 1.54) is 12.8 Å². The molecule has 4 saturated heterocycles. The number of rotatable bonds is 3. The number of hydrogen-bond acceptors (Lipinski definition) is 6. The second-order valence-corrected chi connectivity index (χ2v) is 9.06. The summed E-state index contributed by atoms with van der Waals surface area (Å²) in [5.74, 6) is 2.11. The van der Waals surface area contributed by atoms with E-state index in [2.05, 4.69) is 25.1 Å². The van der Waals surface area contributed by atoms with Crippen molar-refractivity contribution in [2.75, 3.05) is 31.1 Å². The van der Waals surface area contributed by atoms with E-state index in [9.17, 15) is 4.79 Å². The van der Waals surface area contributed by atoms with E-state index < -0.39 is 0 Å². The maximum absolute atomic E-state index is 13.0. The molecule has 0 spiro atoms. The predicted molar refractivity (Wildman–Crippen MR) is 112 cm³/mol. The minimum absolute atomic E-state index is 0. The molecule has 4 fully saturated rings. The lowest BCUT2D eigenvalue weighted by atomic mass is 9.82. The lowest BCUT2D eigenvalue weighted by Crippen LogP contribution is -2.40. The number of likely N-dealkylation sites (tertiary alicyclic amines) is 1. The van der Waals surface area contributed by atoms with Gasteiger partial charge in [0.25, 0.3) is 6.01 Å². The van der Waals surface area contributed by atoms with Crippen molar-refractivity contribution in [3.05, 3.63) is 18.3 Å². The van der Waals surface area contributed by atoms with Gasteiger partial charge in [-0.3, -0.25) is 4.79 Å². The summed E-state index contributed by atoms with van der Waals surface area (Å²) < 4.78 is 5.89. The van der Waals surface area contributed by atoms with Crippen LogP contribution in [0.3, 0.4) is 0 Å². The van der Waals surface area contributed by atoms with Gasteiger partial charge < -0.3 is 19.5 Å². The van der Waals surface area contributed by atoms with Crippen molar-refractivity contribution in [1.82, 2.24) is 20.2 Å². The molecule has 4 aliphatic rings. The Morgan fingerprint density at radius 3 is 2.72 bits per heavy atom. The highest BCUT2D eigenvalue weighted by Crippen LogP contribution is 2.43. The SMILES string of the molecule is Cl.O=C(CC1CCCN(c2nc3ncccc3o2)C1)N1C[C@@H]2[C@H](C1)[C@@H]1CC[C@H]2N1. The third kappa shape index (κ3) is 3.28. The Labute approximate surface area is 176 Å². The average molecular weight is 418 g/mol. The molecule has 2 bridgehead atoms. The fraction of sp³-hybridized carbons (Fsp3) is 0.667. The lowest BCUT2D eigenvalue weighted by molar-refractivity contribution is -0.131. The normalized spacial score (nSPS) is 33.2. The van der Waals surface area contributed by atoms with Crippen LogP contribution in [0.15, 0.2) is 22.7 Å². The summed E-state index contributed by atoms with van der Waals surface area (Å²) in [5, 5.41) is 3.74. The number of carbonyl (C=O) groups is 1. The van der Waals surface area contributed by atoms with Gasteiger partial charge in [-0.25, -0.2) is 4.98 Å². The molecule has 0 radical (unpaired) electrons. The maximum Gasteiger partial charge on any atom is 0.299 e. The molecule has 8 heteroatoms. The molecule has 1 N–H and O–H groups in total. The molecule has 7 nitrogen and oxygen atoms in total. The van der Waals surface area contributed by atoms with Crippen LogP contribution in [0.25, 0.3) is 11.2 Å². The lowest BCUT2D eigenvalue weighted by Gasteiger charge is -2.32. The molecule has 156 valence electrons. The third-order valence-corrected chi connectivity index (χ3v) is 7.42. The number of pyridine rings is 1. The van der Waals surface area contributed by atoms with Crippen LogP contribution < -0.4 is 10.2 Å². The van der Waals surface area contributed by atoms with Crippen LogP contribution in [0.1, 0.15) is 32.1 Å². The van der Waals surface area contributed by atoms with E-state index in [0.717, 1.165) is 44.6 Å². The largest absolute Gasteiger partial charge is 0.422 e. The molecule has 1 amide bonds. The van der Waals surface area contributed by atoms with Crippen molar-refractivity contribution in [3.8, 4) is 0 Å². The van der Waals surface area contributed by atoms with Crippen LogP contribution in [0.5, 0.6) is 0 Å². The van der Waals surface area contributed by atoms with Gasteiger partial charge in [0, 0.05) is 50.9 Å². The highest BCUT2D eigenvalue weighted by molar-refractivity contribution is 5.85. The van der Waals surface area contributed by atoms with Crippen LogP contribution in [0.2, 0.25) is 0 Å². The first kappa shape index (κ1) is 19.1. The van der Waals surface area contributed by atoms with Gasteiger partial charge in [0.2, 0.25) is 11.6 Å². The molecule has 0 aliphatic carbocycles. The van der Waals surface area contributed by atoms with Crippen molar-refractivity contribution in [1.29, 1.82) is 0 Å². The van der Waals surface area contributed by atoms with Gasteiger partial charge in [-0.15, -0.1) is 12.4 Å². The number of hydrogen-bond donors (Lipinski definition) is 1. The number of piperidine rings is 1. The summed E-state index contributed by atoms with van der Waals surface area (Å²) in [5.41, 5.74) is 1.38. The standard InChI is InChI=1S/C21H27N5O2.ClH/c27-19(26-11-14-15(12-26)17-6-5-16(14)23-17)9-13-3-2-8-25(10-13)21-24-20-18(28-21)4-1-7-22-20;/h1,4,7,13-17,23H,2-3,5-6,8-12H2;1H/t13?,14-,15+,16-,17+;. The zero-order valence-electron chi connectivity index (χ0n) is 16.5. The van der Waals surface area contributed by atoms with Crippen molar-refractivity contribution in [3.63, 3.8) is 0 Å². The molecule has 6 heterocycles. The Kier molecular flexibility index (Phi) is 4.90. The number of amides is 1. The van der Waals surface area contributed by atoms with E-state index in [4.69, 9.17) is 4.42 Å². The zero-order valence-corrected chi connectivity index (χ0v) is 17.3. The van der Waals surface area contributed by atoms with Crippen LogP contribution in [0, 0.1) is 17.8 Å². The second kappa shape index (κ2) is 7.43. The molecule has 29 heavy (non-hydrogen) atoms. The molecule has 4 aliphatic heterocycles. The summed E-state index contributed by atoms with van der Waals surface area (Å²) in [6.07, 6.45) is 7.16. The van der Waals surface area contributed by atoms with Crippen molar-refractivity contribution in [2.24, 2.45) is 17.8 Å². The molecular weight excluding hydrogens is 390 g/mol. The summed E-state index contributed by atoms with van der Waals surface area (Å²) >= 11 is 0. The van der Waals surface area contributed by atoms with Gasteiger partial charge in [0.15, 0.2) is 5.58 Å². The van der Waals surface area contributed by atoms with E-state index in [0.29, 0.717) is 53.8 Å². The van der Waals surface area contributed by atoms with E-state index >= 15 is 0 Å². The average Bonchev–Trinajstić information content (AvgIpc) is 3.48. The van der Waals surface area contributed by atoms with Crippen LogP contribution in [-0.2, 0) is 4.79 Å². The van der Waals surface area contributed by atoms with Crippen molar-refractivity contribution in [2.45, 2.75) is 44.2 Å². The number of nitrogens with zero attached hydrogens (tertiary/aromatic N) is 4. The minimum Gasteiger partial charge on any atom is -0.422 e. The molecule has 0 aromatic carbocycles. The topological polar surface area (TPSA) is 74.5 Å². The van der Waals surface area contributed by atoms with Crippen molar-refractivity contribution < 1.29 is 9.21 Å². The first-order chi connectivity index (χ1) is 13.7. The maximum atomic E-state index is 13.0. The van der Waals surface area contributed by atoms with Gasteiger partial charge in [0.1, 0.15) is 0 Å². The highest BCUT2D eigenvalue weighted by atomic mass is 35.5. The third-order valence-electron chi connectivity index (χ3n) is 7.42. The Hall–Kier alpha value is -1.86. The number of nitrogens with one attached hydrogen (secondary N) is 1.